The van der Waals surface area contributed by atoms with E-state index in [0.717, 1.165) is 6.54 Å². The topological polar surface area (TPSA) is 12.0 Å². The van der Waals surface area contributed by atoms with Crippen LogP contribution in [0.15, 0.2) is 22.7 Å². The Bertz CT molecular complexity index is 347. The molecule has 84 valence electrons. The van der Waals surface area contributed by atoms with Crippen LogP contribution in [0.4, 0.5) is 5.69 Å². The molecule has 0 saturated carbocycles. The molecule has 1 nitrogen and oxygen atoms in total. The van der Waals surface area contributed by atoms with Crippen molar-refractivity contribution in [2.45, 2.75) is 32.1 Å². The molecule has 1 heterocycles. The molecule has 0 aliphatic carbocycles. The minimum absolute atomic E-state index is 0. The maximum Gasteiger partial charge on any atom is 0.0380 e. The molecule has 1 N–H and O–H groups in total. The quantitative estimate of drug-likeness (QED) is 0.853. The van der Waals surface area contributed by atoms with E-state index in [1.165, 1.54) is 28.6 Å². The number of benzene rings is 1. The average Bonchev–Trinajstić information content (AvgIpc) is 2.57. The van der Waals surface area contributed by atoms with Gasteiger partial charge in [-0.3, -0.25) is 0 Å². The first-order valence-corrected chi connectivity index (χ1v) is 6.05. The highest BCUT2D eigenvalue weighted by Crippen LogP contribution is 2.42. The summed E-state index contributed by atoms with van der Waals surface area (Å²) in [7, 11) is 0. The van der Waals surface area contributed by atoms with Crippen LogP contribution in [0.1, 0.15) is 32.3 Å². The second kappa shape index (κ2) is 4.75. The lowest BCUT2D eigenvalue weighted by molar-refractivity contribution is 0.437. The van der Waals surface area contributed by atoms with E-state index in [2.05, 4.69) is 53.3 Å². The van der Waals surface area contributed by atoms with Crippen LogP contribution in [0.5, 0.6) is 0 Å². The highest BCUT2D eigenvalue weighted by atomic mass is 79.9. The lowest BCUT2D eigenvalue weighted by atomic mass is 9.78. The van der Waals surface area contributed by atoms with Crippen molar-refractivity contribution in [3.63, 3.8) is 0 Å². The normalized spacial score (nSPS) is 16.5. The summed E-state index contributed by atoms with van der Waals surface area (Å²) in [4.78, 5) is 0. The van der Waals surface area contributed by atoms with E-state index in [1.807, 2.05) is 0 Å². The molecular weight excluding hydrogens is 273 g/mol. The number of nitrogens with one attached hydrogen (secondary N) is 1. The molecule has 0 atom stereocenters. The fraction of sp³-hybridized carbons (Fsp3) is 0.500. The lowest BCUT2D eigenvalue weighted by Gasteiger charge is -2.26. The highest BCUT2D eigenvalue weighted by Gasteiger charge is 2.35. The van der Waals surface area contributed by atoms with E-state index in [1.54, 1.807) is 0 Å². The monoisotopic (exact) mass is 289 g/mol. The Labute approximate surface area is 106 Å². The van der Waals surface area contributed by atoms with E-state index in [-0.39, 0.29) is 12.4 Å². The number of rotatable bonds is 2. The number of hydrogen-bond donors (Lipinski definition) is 1. The Kier molecular flexibility index (Phi) is 4.07. The van der Waals surface area contributed by atoms with Crippen molar-refractivity contribution >= 4 is 34.0 Å². The van der Waals surface area contributed by atoms with Crippen LogP contribution in [0.2, 0.25) is 0 Å². The molecule has 0 amide bonds. The molecule has 0 unspecified atom stereocenters. The van der Waals surface area contributed by atoms with Crippen LogP contribution in [0.25, 0.3) is 0 Å². The van der Waals surface area contributed by atoms with E-state index in [9.17, 15) is 0 Å². The van der Waals surface area contributed by atoms with Gasteiger partial charge in [0.05, 0.1) is 0 Å². The Hall–Kier alpha value is -0.210. The largest absolute Gasteiger partial charge is 0.384 e. The minimum atomic E-state index is 0. The third-order valence-corrected chi connectivity index (χ3v) is 4.02. The molecule has 3 heteroatoms. The van der Waals surface area contributed by atoms with Crippen molar-refractivity contribution in [3.8, 4) is 0 Å². The third-order valence-electron chi connectivity index (χ3n) is 3.52. The van der Waals surface area contributed by atoms with E-state index < -0.39 is 0 Å². The zero-order valence-electron chi connectivity index (χ0n) is 9.14. The molecular formula is C12H17BrClN. The predicted octanol–water partition coefficient (Wildman–Crippen LogP) is 4.35. The number of fused-ring (bicyclic) bond motifs is 1. The molecule has 0 radical (unpaired) electrons. The fourth-order valence-corrected chi connectivity index (χ4v) is 2.71. The standard InChI is InChI=1S/C12H16BrN.ClH/c1-3-12(4-2)8-14-11-6-5-9(13)7-10(11)12;/h5-7,14H,3-4,8H2,1-2H3;1H. The molecule has 1 aliphatic heterocycles. The molecule has 2 rings (SSSR count). The van der Waals surface area contributed by atoms with Crippen LogP contribution in [-0.4, -0.2) is 6.54 Å². The predicted molar refractivity (Wildman–Crippen MR) is 72.1 cm³/mol. The minimum Gasteiger partial charge on any atom is -0.384 e. The zero-order chi connectivity index (χ0) is 10.2. The van der Waals surface area contributed by atoms with Crippen molar-refractivity contribution in [1.29, 1.82) is 0 Å². The maximum atomic E-state index is 3.55. The maximum absolute atomic E-state index is 3.55. The van der Waals surface area contributed by atoms with Crippen LogP contribution in [-0.2, 0) is 5.41 Å². The van der Waals surface area contributed by atoms with Crippen molar-refractivity contribution < 1.29 is 0 Å². The summed E-state index contributed by atoms with van der Waals surface area (Å²) in [5.41, 5.74) is 3.16. The second-order valence-electron chi connectivity index (χ2n) is 4.03. The van der Waals surface area contributed by atoms with E-state index >= 15 is 0 Å². The van der Waals surface area contributed by atoms with Crippen LogP contribution in [0.3, 0.4) is 0 Å². The van der Waals surface area contributed by atoms with Gasteiger partial charge < -0.3 is 5.32 Å². The zero-order valence-corrected chi connectivity index (χ0v) is 11.5. The van der Waals surface area contributed by atoms with Gasteiger partial charge in [-0.2, -0.15) is 0 Å². The molecule has 15 heavy (non-hydrogen) atoms. The van der Waals surface area contributed by atoms with E-state index in [0.29, 0.717) is 5.41 Å². The van der Waals surface area contributed by atoms with Crippen molar-refractivity contribution in [2.75, 3.05) is 11.9 Å². The summed E-state index contributed by atoms with van der Waals surface area (Å²) >= 11 is 3.55. The van der Waals surface area contributed by atoms with Crippen LogP contribution >= 0.6 is 28.3 Å². The lowest BCUT2D eigenvalue weighted by Crippen LogP contribution is -2.26. The van der Waals surface area contributed by atoms with Gasteiger partial charge in [0.15, 0.2) is 0 Å². The highest BCUT2D eigenvalue weighted by molar-refractivity contribution is 9.10. The summed E-state index contributed by atoms with van der Waals surface area (Å²) in [5, 5.41) is 3.50. The second-order valence-corrected chi connectivity index (χ2v) is 4.95. The SMILES string of the molecule is CCC1(CC)CNc2ccc(Br)cc21.Cl. The van der Waals surface area contributed by atoms with Crippen LogP contribution in [0, 0.1) is 0 Å². The summed E-state index contributed by atoms with van der Waals surface area (Å²) < 4.78 is 1.19. The smallest absolute Gasteiger partial charge is 0.0380 e. The molecule has 0 fully saturated rings. The van der Waals surface area contributed by atoms with Gasteiger partial charge in [-0.05, 0) is 36.6 Å². The van der Waals surface area contributed by atoms with Gasteiger partial charge in [-0.1, -0.05) is 29.8 Å². The van der Waals surface area contributed by atoms with Gasteiger partial charge in [-0.25, -0.2) is 0 Å². The molecule has 0 saturated heterocycles. The number of hydrogen-bond acceptors (Lipinski definition) is 1. The van der Waals surface area contributed by atoms with Gasteiger partial charge in [-0.15, -0.1) is 12.4 Å². The van der Waals surface area contributed by atoms with Gasteiger partial charge in [0.2, 0.25) is 0 Å². The molecule has 0 bridgehead atoms. The first-order valence-electron chi connectivity index (χ1n) is 5.26. The van der Waals surface area contributed by atoms with Gasteiger partial charge in [0.1, 0.15) is 0 Å². The Morgan fingerprint density at radius 3 is 2.60 bits per heavy atom. The first-order chi connectivity index (χ1) is 6.72. The van der Waals surface area contributed by atoms with Gasteiger partial charge in [0.25, 0.3) is 0 Å². The molecule has 1 aromatic carbocycles. The van der Waals surface area contributed by atoms with Crippen molar-refractivity contribution in [3.05, 3.63) is 28.2 Å². The number of anilines is 1. The third kappa shape index (κ3) is 2.02. The summed E-state index contributed by atoms with van der Waals surface area (Å²) in [6.07, 6.45) is 2.42. The van der Waals surface area contributed by atoms with Crippen LogP contribution < -0.4 is 5.32 Å². The van der Waals surface area contributed by atoms with Crippen molar-refractivity contribution in [1.82, 2.24) is 0 Å². The van der Waals surface area contributed by atoms with E-state index in [4.69, 9.17) is 0 Å². The first kappa shape index (κ1) is 12.9. The Morgan fingerprint density at radius 1 is 1.33 bits per heavy atom. The molecule has 1 aliphatic rings. The van der Waals surface area contributed by atoms with Crippen molar-refractivity contribution in [2.24, 2.45) is 0 Å². The summed E-state index contributed by atoms with van der Waals surface area (Å²) in [5.74, 6) is 0. The molecule has 0 spiro atoms. The summed E-state index contributed by atoms with van der Waals surface area (Å²) in [6.45, 7) is 5.65. The number of halogens is 2. The Morgan fingerprint density at radius 2 is 2.00 bits per heavy atom. The van der Waals surface area contributed by atoms with Gasteiger partial charge >= 0.3 is 0 Å². The average molecular weight is 291 g/mol. The fourth-order valence-electron chi connectivity index (χ4n) is 2.35. The Balaban J connectivity index is 0.00000112. The molecule has 0 aromatic heterocycles. The van der Waals surface area contributed by atoms with Gasteiger partial charge in [0, 0.05) is 22.1 Å². The molecule has 1 aromatic rings. The summed E-state index contributed by atoms with van der Waals surface area (Å²) in [6, 6.07) is 6.54.